The number of likely N-dealkylation sites (tertiary alicyclic amines) is 1. The third-order valence-electron chi connectivity index (χ3n) is 4.22. The summed E-state index contributed by atoms with van der Waals surface area (Å²) in [6.07, 6.45) is 5.66. The Balaban J connectivity index is 1.80. The lowest BCUT2D eigenvalue weighted by molar-refractivity contribution is -0.129. The number of ether oxygens (including phenoxy) is 1. The summed E-state index contributed by atoms with van der Waals surface area (Å²) >= 11 is 1.46. The summed E-state index contributed by atoms with van der Waals surface area (Å²) in [6.45, 7) is 4.85. The van der Waals surface area contributed by atoms with Crippen LogP contribution in [-0.4, -0.2) is 62.6 Å². The smallest absolute Gasteiger partial charge is 0.235 e. The summed E-state index contributed by atoms with van der Waals surface area (Å²) in [5.74, 6) is 0.942. The zero-order chi connectivity index (χ0) is 17.6. The Kier molecular flexibility index (Phi) is 6.04. The van der Waals surface area contributed by atoms with Gasteiger partial charge >= 0.3 is 0 Å². The molecule has 0 bridgehead atoms. The molecule has 1 aliphatic heterocycles. The van der Waals surface area contributed by atoms with Gasteiger partial charge in [0.2, 0.25) is 5.91 Å². The van der Waals surface area contributed by atoms with Gasteiger partial charge in [-0.25, -0.2) is 0 Å². The Labute approximate surface area is 151 Å². The highest BCUT2D eigenvalue weighted by atomic mass is 32.2. The fraction of sp³-hybridized carbons (Fsp3) is 0.529. The van der Waals surface area contributed by atoms with Crippen molar-refractivity contribution in [3.63, 3.8) is 0 Å². The van der Waals surface area contributed by atoms with Crippen molar-refractivity contribution in [1.82, 2.24) is 24.6 Å². The molecule has 2 aromatic heterocycles. The molecule has 0 N–H and O–H groups in total. The van der Waals surface area contributed by atoms with Crippen molar-refractivity contribution in [1.29, 1.82) is 0 Å². The number of hydrogen-bond acceptors (Lipinski definition) is 6. The average molecular weight is 361 g/mol. The van der Waals surface area contributed by atoms with E-state index in [1.54, 1.807) is 19.5 Å². The molecule has 1 unspecified atom stereocenters. The third-order valence-corrected chi connectivity index (χ3v) is 5.29. The van der Waals surface area contributed by atoms with Gasteiger partial charge in [-0.05, 0) is 31.9 Å². The van der Waals surface area contributed by atoms with Gasteiger partial charge in [0.05, 0.1) is 18.4 Å². The van der Waals surface area contributed by atoms with Crippen LogP contribution in [-0.2, 0) is 16.1 Å². The number of pyridine rings is 1. The maximum atomic E-state index is 12.6. The fourth-order valence-electron chi connectivity index (χ4n) is 2.88. The SMILES string of the molecule is COCCn1c(SC(C)C(=O)N2CCCC2)nnc1-c1ccncc1. The maximum absolute atomic E-state index is 12.6. The summed E-state index contributed by atoms with van der Waals surface area (Å²) in [5, 5.41) is 9.21. The number of amides is 1. The van der Waals surface area contributed by atoms with Crippen LogP contribution in [0.4, 0.5) is 0 Å². The Bertz CT molecular complexity index is 700. The first-order chi connectivity index (χ1) is 12.2. The molecule has 1 aliphatic rings. The number of rotatable bonds is 7. The van der Waals surface area contributed by atoms with Gasteiger partial charge in [0.15, 0.2) is 11.0 Å². The molecule has 2 aromatic rings. The van der Waals surface area contributed by atoms with Crippen LogP contribution in [0.15, 0.2) is 29.7 Å². The number of carbonyl (C=O) groups excluding carboxylic acids is 1. The molecule has 3 heterocycles. The molecule has 0 spiro atoms. The van der Waals surface area contributed by atoms with E-state index in [1.165, 1.54) is 11.8 Å². The van der Waals surface area contributed by atoms with E-state index in [4.69, 9.17) is 4.74 Å². The normalized spacial score (nSPS) is 15.5. The predicted molar refractivity (Wildman–Crippen MR) is 96.3 cm³/mol. The van der Waals surface area contributed by atoms with Crippen LogP contribution in [0.2, 0.25) is 0 Å². The molecular formula is C17H23N5O2S. The molecule has 25 heavy (non-hydrogen) atoms. The van der Waals surface area contributed by atoms with Crippen LogP contribution < -0.4 is 0 Å². The van der Waals surface area contributed by atoms with Crippen molar-refractivity contribution < 1.29 is 9.53 Å². The van der Waals surface area contributed by atoms with Gasteiger partial charge in [0.1, 0.15) is 0 Å². The molecule has 0 radical (unpaired) electrons. The highest BCUT2D eigenvalue weighted by Gasteiger charge is 2.26. The number of aromatic nitrogens is 4. The fourth-order valence-corrected chi connectivity index (χ4v) is 3.84. The van der Waals surface area contributed by atoms with E-state index in [0.29, 0.717) is 13.2 Å². The van der Waals surface area contributed by atoms with Crippen LogP contribution in [0.3, 0.4) is 0 Å². The molecule has 3 rings (SSSR count). The second-order valence-electron chi connectivity index (χ2n) is 5.98. The van der Waals surface area contributed by atoms with Crippen molar-refractivity contribution >= 4 is 17.7 Å². The molecule has 7 nitrogen and oxygen atoms in total. The van der Waals surface area contributed by atoms with Gasteiger partial charge < -0.3 is 9.64 Å². The number of carbonyl (C=O) groups is 1. The van der Waals surface area contributed by atoms with E-state index >= 15 is 0 Å². The van der Waals surface area contributed by atoms with E-state index in [9.17, 15) is 4.79 Å². The van der Waals surface area contributed by atoms with Crippen molar-refractivity contribution in [2.75, 3.05) is 26.8 Å². The molecule has 8 heteroatoms. The first-order valence-corrected chi connectivity index (χ1v) is 9.36. The first-order valence-electron chi connectivity index (χ1n) is 8.48. The quantitative estimate of drug-likeness (QED) is 0.703. The van der Waals surface area contributed by atoms with Crippen molar-refractivity contribution in [3.8, 4) is 11.4 Å². The highest BCUT2D eigenvalue weighted by Crippen LogP contribution is 2.28. The van der Waals surface area contributed by atoms with Gasteiger partial charge in [-0.15, -0.1) is 10.2 Å². The number of methoxy groups -OCH3 is 1. The van der Waals surface area contributed by atoms with E-state index in [0.717, 1.165) is 42.5 Å². The van der Waals surface area contributed by atoms with Crippen LogP contribution in [0.5, 0.6) is 0 Å². The zero-order valence-electron chi connectivity index (χ0n) is 14.6. The summed E-state index contributed by atoms with van der Waals surface area (Å²) in [4.78, 5) is 18.6. The average Bonchev–Trinajstić information content (AvgIpc) is 3.30. The first kappa shape index (κ1) is 17.9. The predicted octanol–water partition coefficient (Wildman–Crippen LogP) is 2.09. The minimum Gasteiger partial charge on any atom is -0.383 e. The molecular weight excluding hydrogens is 338 g/mol. The second-order valence-corrected chi connectivity index (χ2v) is 7.29. The van der Waals surface area contributed by atoms with Crippen molar-refractivity contribution in [2.24, 2.45) is 0 Å². The van der Waals surface area contributed by atoms with Crippen LogP contribution in [0, 0.1) is 0 Å². The van der Waals surface area contributed by atoms with E-state index < -0.39 is 0 Å². The summed E-state index contributed by atoms with van der Waals surface area (Å²) in [7, 11) is 1.67. The van der Waals surface area contributed by atoms with E-state index in [-0.39, 0.29) is 11.2 Å². The van der Waals surface area contributed by atoms with Crippen LogP contribution in [0.25, 0.3) is 11.4 Å². The van der Waals surface area contributed by atoms with Gasteiger partial charge in [-0.3, -0.25) is 14.3 Å². The number of thioether (sulfide) groups is 1. The number of hydrogen-bond donors (Lipinski definition) is 0. The minimum atomic E-state index is -0.186. The highest BCUT2D eigenvalue weighted by molar-refractivity contribution is 8.00. The molecule has 0 saturated carbocycles. The standard InChI is InChI=1S/C17H23N5O2S/c1-13(16(23)21-9-3-4-10-21)25-17-20-19-15(22(17)11-12-24-2)14-5-7-18-8-6-14/h5-8,13H,3-4,9-12H2,1-2H3. The number of nitrogens with zero attached hydrogens (tertiary/aromatic N) is 5. The van der Waals surface area contributed by atoms with Crippen LogP contribution >= 0.6 is 11.8 Å². The summed E-state index contributed by atoms with van der Waals surface area (Å²) in [5.41, 5.74) is 0.948. The molecule has 1 amide bonds. The molecule has 1 fully saturated rings. The van der Waals surface area contributed by atoms with E-state index in [2.05, 4.69) is 15.2 Å². The van der Waals surface area contributed by atoms with Crippen molar-refractivity contribution in [2.45, 2.75) is 36.7 Å². The summed E-state index contributed by atoms with van der Waals surface area (Å²) < 4.78 is 7.23. The zero-order valence-corrected chi connectivity index (χ0v) is 15.4. The lowest BCUT2D eigenvalue weighted by Crippen LogP contribution is -2.34. The maximum Gasteiger partial charge on any atom is 0.235 e. The van der Waals surface area contributed by atoms with Gasteiger partial charge in [-0.2, -0.15) is 0 Å². The van der Waals surface area contributed by atoms with Crippen LogP contribution in [0.1, 0.15) is 19.8 Å². The largest absolute Gasteiger partial charge is 0.383 e. The second kappa shape index (κ2) is 8.44. The van der Waals surface area contributed by atoms with Gasteiger partial charge in [-0.1, -0.05) is 11.8 Å². The topological polar surface area (TPSA) is 73.1 Å². The van der Waals surface area contributed by atoms with E-state index in [1.807, 2.05) is 28.5 Å². The summed E-state index contributed by atoms with van der Waals surface area (Å²) in [6, 6.07) is 3.81. The molecule has 134 valence electrons. The Hall–Kier alpha value is -1.93. The van der Waals surface area contributed by atoms with Crippen molar-refractivity contribution in [3.05, 3.63) is 24.5 Å². The minimum absolute atomic E-state index is 0.175. The Morgan fingerprint density at radius 1 is 1.28 bits per heavy atom. The lowest BCUT2D eigenvalue weighted by atomic mass is 10.2. The molecule has 1 saturated heterocycles. The van der Waals surface area contributed by atoms with Gasteiger partial charge in [0, 0.05) is 38.2 Å². The Morgan fingerprint density at radius 2 is 2.00 bits per heavy atom. The Morgan fingerprint density at radius 3 is 2.68 bits per heavy atom. The third kappa shape index (κ3) is 4.19. The monoisotopic (exact) mass is 361 g/mol. The molecule has 0 aliphatic carbocycles. The van der Waals surface area contributed by atoms with Gasteiger partial charge in [0.25, 0.3) is 0 Å². The lowest BCUT2D eigenvalue weighted by Gasteiger charge is -2.20. The molecule has 0 aromatic carbocycles. The molecule has 1 atom stereocenters.